The highest BCUT2D eigenvalue weighted by Gasteiger charge is 2.24. The Kier molecular flexibility index (Phi) is 5.59. The molecule has 1 aromatic rings. The van der Waals surface area contributed by atoms with E-state index in [4.69, 9.17) is 16.7 Å². The van der Waals surface area contributed by atoms with Crippen LogP contribution in [0.2, 0.25) is 4.34 Å². The van der Waals surface area contributed by atoms with Gasteiger partial charge in [0.15, 0.2) is 0 Å². The summed E-state index contributed by atoms with van der Waals surface area (Å²) < 4.78 is 0.640. The fourth-order valence-corrected chi connectivity index (χ4v) is 2.36. The molecule has 0 radical (unpaired) electrons. The summed E-state index contributed by atoms with van der Waals surface area (Å²) in [5.74, 6) is -1.12. The Balaban J connectivity index is 2.30. The van der Waals surface area contributed by atoms with Crippen molar-refractivity contribution in [1.82, 2.24) is 10.6 Å². The summed E-state index contributed by atoms with van der Waals surface area (Å²) in [4.78, 5) is 22.8. The molecule has 1 rings (SSSR count). The van der Waals surface area contributed by atoms with Gasteiger partial charge in [-0.3, -0.25) is 4.79 Å². The Labute approximate surface area is 119 Å². The maximum absolute atomic E-state index is 11.4. The van der Waals surface area contributed by atoms with Gasteiger partial charge in [0.25, 0.3) is 0 Å². The van der Waals surface area contributed by atoms with Crippen LogP contribution in [0.3, 0.4) is 0 Å². The largest absolute Gasteiger partial charge is 0.481 e. The number of aliphatic carboxylic acids is 1. The lowest BCUT2D eigenvalue weighted by molar-refractivity contribution is -0.141. The highest BCUT2D eigenvalue weighted by atomic mass is 35.5. The number of urea groups is 1. The van der Waals surface area contributed by atoms with Gasteiger partial charge in [-0.2, -0.15) is 0 Å². The number of carboxylic acids is 1. The van der Waals surface area contributed by atoms with Crippen LogP contribution in [0, 0.1) is 0 Å². The average Bonchev–Trinajstić information content (AvgIpc) is 2.68. The minimum Gasteiger partial charge on any atom is -0.481 e. The normalized spacial score (nSPS) is 13.6. The second-order valence-electron chi connectivity index (χ2n) is 4.31. The van der Waals surface area contributed by atoms with Crippen LogP contribution in [0.4, 0.5) is 4.79 Å². The predicted molar refractivity (Wildman–Crippen MR) is 72.4 cm³/mol. The number of thiophene rings is 1. The first-order chi connectivity index (χ1) is 8.78. The minimum absolute atomic E-state index is 0.143. The number of halogens is 1. The van der Waals surface area contributed by atoms with Crippen LogP contribution in [0.25, 0.3) is 0 Å². The molecule has 0 saturated carbocycles. The highest BCUT2D eigenvalue weighted by molar-refractivity contribution is 7.16. The van der Waals surface area contributed by atoms with Crippen molar-refractivity contribution >= 4 is 34.9 Å². The third-order valence-electron chi connectivity index (χ3n) is 2.21. The molecule has 0 aliphatic carbocycles. The first kappa shape index (κ1) is 15.7. The molecule has 4 N–H and O–H groups in total. The minimum atomic E-state index is -1.48. The van der Waals surface area contributed by atoms with Crippen molar-refractivity contribution in [3.63, 3.8) is 0 Å². The monoisotopic (exact) mass is 306 g/mol. The summed E-state index contributed by atoms with van der Waals surface area (Å²) in [6, 6.07) is 3.06. The van der Waals surface area contributed by atoms with Crippen molar-refractivity contribution in [1.29, 1.82) is 0 Å². The van der Waals surface area contributed by atoms with Crippen molar-refractivity contribution in [2.75, 3.05) is 6.54 Å². The van der Waals surface area contributed by atoms with Gasteiger partial charge in [0, 0.05) is 11.4 Å². The molecule has 2 amide bonds. The lowest BCUT2D eigenvalue weighted by Gasteiger charge is -2.21. The molecule has 1 unspecified atom stereocenters. The molecule has 0 bridgehead atoms. The summed E-state index contributed by atoms with van der Waals surface area (Å²) in [5.41, 5.74) is -1.48. The van der Waals surface area contributed by atoms with Crippen molar-refractivity contribution in [3.8, 4) is 0 Å². The third-order valence-corrected chi connectivity index (χ3v) is 3.45. The van der Waals surface area contributed by atoms with Crippen LogP contribution in [0.1, 0.15) is 18.2 Å². The first-order valence-electron chi connectivity index (χ1n) is 5.48. The van der Waals surface area contributed by atoms with Crippen molar-refractivity contribution in [2.45, 2.75) is 25.5 Å². The Hall–Kier alpha value is -1.31. The van der Waals surface area contributed by atoms with E-state index in [9.17, 15) is 14.7 Å². The zero-order valence-corrected chi connectivity index (χ0v) is 11.8. The molecule has 6 nitrogen and oxygen atoms in total. The Morgan fingerprint density at radius 1 is 1.42 bits per heavy atom. The molecule has 1 aromatic heterocycles. The number of amides is 2. The van der Waals surface area contributed by atoms with Gasteiger partial charge in [-0.25, -0.2) is 4.79 Å². The van der Waals surface area contributed by atoms with Crippen molar-refractivity contribution < 1.29 is 19.8 Å². The van der Waals surface area contributed by atoms with Gasteiger partial charge in [0.1, 0.15) is 0 Å². The molecule has 106 valence electrons. The van der Waals surface area contributed by atoms with Gasteiger partial charge < -0.3 is 20.8 Å². The highest BCUT2D eigenvalue weighted by Crippen LogP contribution is 2.20. The maximum atomic E-state index is 11.4. The number of carbonyl (C=O) groups is 2. The van der Waals surface area contributed by atoms with Crippen LogP contribution >= 0.6 is 22.9 Å². The van der Waals surface area contributed by atoms with Gasteiger partial charge >= 0.3 is 12.0 Å². The summed E-state index contributed by atoms with van der Waals surface area (Å²) >= 11 is 7.10. The predicted octanol–water partition coefficient (Wildman–Crippen LogP) is 1.43. The van der Waals surface area contributed by atoms with Gasteiger partial charge in [-0.15, -0.1) is 11.3 Å². The van der Waals surface area contributed by atoms with Crippen LogP contribution < -0.4 is 10.6 Å². The summed E-state index contributed by atoms with van der Waals surface area (Å²) in [6.07, 6.45) is -0.437. The fraction of sp³-hybridized carbons (Fsp3) is 0.455. The molecule has 1 heterocycles. The standard InChI is InChI=1S/C11H15ClN2O4S/c1-11(18,4-9(15)16)6-14-10(17)13-5-7-2-3-8(12)19-7/h2-3,18H,4-6H2,1H3,(H,15,16)(H2,13,14,17). The second kappa shape index (κ2) is 6.74. The zero-order chi connectivity index (χ0) is 14.5. The first-order valence-corrected chi connectivity index (χ1v) is 6.68. The van der Waals surface area contributed by atoms with E-state index < -0.39 is 24.0 Å². The van der Waals surface area contributed by atoms with Crippen LogP contribution in [0.15, 0.2) is 12.1 Å². The zero-order valence-electron chi connectivity index (χ0n) is 10.3. The quantitative estimate of drug-likeness (QED) is 0.639. The topological polar surface area (TPSA) is 98.7 Å². The Morgan fingerprint density at radius 2 is 2.11 bits per heavy atom. The van der Waals surface area contributed by atoms with E-state index in [1.165, 1.54) is 18.3 Å². The van der Waals surface area contributed by atoms with E-state index in [0.717, 1.165) is 4.88 Å². The lowest BCUT2D eigenvalue weighted by Crippen LogP contribution is -2.45. The fourth-order valence-electron chi connectivity index (χ4n) is 1.34. The number of hydrogen-bond acceptors (Lipinski definition) is 4. The molecule has 8 heteroatoms. The molecular formula is C11H15ClN2O4S. The van der Waals surface area contributed by atoms with Crippen LogP contribution in [-0.4, -0.2) is 34.4 Å². The van der Waals surface area contributed by atoms with Gasteiger partial charge in [-0.1, -0.05) is 11.6 Å². The van der Waals surface area contributed by atoms with Gasteiger partial charge in [0.05, 0.1) is 22.9 Å². The number of rotatable bonds is 6. The molecule has 0 saturated heterocycles. The summed E-state index contributed by atoms with van der Waals surface area (Å²) in [5, 5.41) is 23.2. The van der Waals surface area contributed by atoms with Crippen molar-refractivity contribution in [3.05, 3.63) is 21.3 Å². The van der Waals surface area contributed by atoms with Gasteiger partial charge in [0.2, 0.25) is 0 Å². The SMILES string of the molecule is CC(O)(CNC(=O)NCc1ccc(Cl)s1)CC(=O)O. The molecule has 0 aromatic carbocycles. The van der Waals surface area contributed by atoms with E-state index in [-0.39, 0.29) is 6.54 Å². The second-order valence-corrected chi connectivity index (χ2v) is 6.11. The number of nitrogens with one attached hydrogen (secondary N) is 2. The number of carboxylic acid groups (broad SMARTS) is 1. The van der Waals surface area contributed by atoms with Crippen molar-refractivity contribution in [2.24, 2.45) is 0 Å². The number of carbonyl (C=O) groups excluding carboxylic acids is 1. The molecule has 0 aliphatic rings. The van der Waals surface area contributed by atoms with E-state index in [1.54, 1.807) is 12.1 Å². The van der Waals surface area contributed by atoms with E-state index >= 15 is 0 Å². The maximum Gasteiger partial charge on any atom is 0.315 e. The smallest absolute Gasteiger partial charge is 0.315 e. The average molecular weight is 307 g/mol. The molecule has 0 aliphatic heterocycles. The molecule has 1 atom stereocenters. The van der Waals surface area contributed by atoms with E-state index in [1.807, 2.05) is 0 Å². The van der Waals surface area contributed by atoms with Crippen LogP contribution in [-0.2, 0) is 11.3 Å². The molecule has 19 heavy (non-hydrogen) atoms. The number of aliphatic hydroxyl groups is 1. The third kappa shape index (κ3) is 6.42. The summed E-state index contributed by atoms with van der Waals surface area (Å²) in [6.45, 7) is 1.53. The number of hydrogen-bond donors (Lipinski definition) is 4. The Morgan fingerprint density at radius 3 is 2.63 bits per heavy atom. The molecule has 0 fully saturated rings. The van der Waals surface area contributed by atoms with Crippen LogP contribution in [0.5, 0.6) is 0 Å². The van der Waals surface area contributed by atoms with Gasteiger partial charge in [-0.05, 0) is 19.1 Å². The Bertz CT molecular complexity index is 461. The lowest BCUT2D eigenvalue weighted by atomic mass is 10.0. The van der Waals surface area contributed by atoms with E-state index in [2.05, 4.69) is 10.6 Å². The van der Waals surface area contributed by atoms with E-state index in [0.29, 0.717) is 10.9 Å². The summed E-state index contributed by atoms with van der Waals surface area (Å²) in [7, 11) is 0. The molecular weight excluding hydrogens is 292 g/mol. The molecule has 0 spiro atoms.